The molecular weight excluding hydrogens is 325 g/mol. The van der Waals surface area contributed by atoms with Crippen molar-refractivity contribution >= 4 is 17.7 Å². The number of halogens is 1. The van der Waals surface area contributed by atoms with Crippen molar-refractivity contribution in [2.75, 3.05) is 42.5 Å². The van der Waals surface area contributed by atoms with Gasteiger partial charge in [-0.2, -0.15) is 4.98 Å². The maximum atomic E-state index is 14.1. The van der Waals surface area contributed by atoms with Gasteiger partial charge in [-0.1, -0.05) is 0 Å². The first-order valence-electron chi connectivity index (χ1n) is 9.05. The van der Waals surface area contributed by atoms with E-state index < -0.39 is 12.0 Å². The molecule has 0 aromatic carbocycles. The van der Waals surface area contributed by atoms with Gasteiger partial charge in [-0.15, -0.1) is 0 Å². The Bertz CT molecular complexity index is 656. The number of anilines is 2. The normalized spacial score (nSPS) is 25.7. The Kier molecular flexibility index (Phi) is 4.23. The number of rotatable bonds is 3. The Morgan fingerprint density at radius 2 is 1.96 bits per heavy atom. The minimum absolute atomic E-state index is 0.0529. The van der Waals surface area contributed by atoms with E-state index in [2.05, 4.69) is 20.2 Å². The highest BCUT2D eigenvalue weighted by Gasteiger charge is 2.43. The number of carboxylic acids is 1. The molecule has 0 saturated carbocycles. The van der Waals surface area contributed by atoms with Crippen LogP contribution >= 0.6 is 0 Å². The van der Waals surface area contributed by atoms with E-state index in [4.69, 9.17) is 0 Å². The zero-order chi connectivity index (χ0) is 17.4. The number of carboxylic acid groups (broad SMARTS) is 1. The van der Waals surface area contributed by atoms with Crippen LogP contribution in [0.25, 0.3) is 0 Å². The first-order chi connectivity index (χ1) is 12.1. The molecule has 0 amide bonds. The van der Waals surface area contributed by atoms with Gasteiger partial charge in [0.2, 0.25) is 5.95 Å². The summed E-state index contributed by atoms with van der Waals surface area (Å²) in [6, 6.07) is -0.435. The second-order valence-corrected chi connectivity index (χ2v) is 7.50. The quantitative estimate of drug-likeness (QED) is 0.850. The Morgan fingerprint density at radius 3 is 2.60 bits per heavy atom. The molecule has 1 unspecified atom stereocenters. The first kappa shape index (κ1) is 16.5. The van der Waals surface area contributed by atoms with Crippen LogP contribution in [-0.4, -0.2) is 59.8 Å². The van der Waals surface area contributed by atoms with Crippen molar-refractivity contribution in [3.8, 4) is 0 Å². The molecule has 0 radical (unpaired) electrons. The van der Waals surface area contributed by atoms with Gasteiger partial charge in [-0.25, -0.2) is 9.37 Å². The van der Waals surface area contributed by atoms with E-state index in [-0.39, 0.29) is 11.2 Å². The number of carbonyl (C=O) groups is 1. The number of piperidine rings is 1. The lowest BCUT2D eigenvalue weighted by molar-refractivity contribution is -0.139. The smallest absolute Gasteiger partial charge is 0.320 e. The molecule has 1 aromatic heterocycles. The van der Waals surface area contributed by atoms with E-state index in [1.165, 1.54) is 6.20 Å². The Morgan fingerprint density at radius 1 is 1.24 bits per heavy atom. The molecule has 8 heteroatoms. The third-order valence-corrected chi connectivity index (χ3v) is 5.88. The second-order valence-electron chi connectivity index (χ2n) is 7.50. The van der Waals surface area contributed by atoms with Gasteiger partial charge in [-0.05, 0) is 37.5 Å². The molecule has 0 bridgehead atoms. The minimum atomic E-state index is -0.767. The number of nitrogens with one attached hydrogen (secondary N) is 1. The fourth-order valence-corrected chi connectivity index (χ4v) is 4.31. The molecular formula is C17H24FN5O2. The molecule has 7 nitrogen and oxygen atoms in total. The van der Waals surface area contributed by atoms with Crippen molar-refractivity contribution < 1.29 is 14.3 Å². The molecule has 3 aliphatic rings. The average molecular weight is 349 g/mol. The molecule has 4 heterocycles. The van der Waals surface area contributed by atoms with E-state index in [0.717, 1.165) is 58.4 Å². The maximum Gasteiger partial charge on any atom is 0.320 e. The average Bonchev–Trinajstić information content (AvgIpc) is 3.27. The monoisotopic (exact) mass is 349 g/mol. The van der Waals surface area contributed by atoms with Crippen LogP contribution < -0.4 is 15.1 Å². The fraction of sp³-hybridized carbons (Fsp3) is 0.706. The molecule has 1 aromatic rings. The molecule has 2 N–H and O–H groups in total. The van der Waals surface area contributed by atoms with Crippen molar-refractivity contribution in [3.63, 3.8) is 0 Å². The summed E-state index contributed by atoms with van der Waals surface area (Å²) < 4.78 is 14.1. The van der Waals surface area contributed by atoms with Crippen LogP contribution in [0.2, 0.25) is 0 Å². The highest BCUT2D eigenvalue weighted by Crippen LogP contribution is 2.40. The SMILES string of the molecule is O=C(O)C1CC2(CCN(c3ncc(F)c(N4CCCC4)n3)CC2)CN1. The predicted octanol–water partition coefficient (Wildman–Crippen LogP) is 1.25. The number of aromatic nitrogens is 2. The highest BCUT2D eigenvalue weighted by atomic mass is 19.1. The van der Waals surface area contributed by atoms with E-state index >= 15 is 0 Å². The predicted molar refractivity (Wildman–Crippen MR) is 91.4 cm³/mol. The second kappa shape index (κ2) is 6.40. The van der Waals surface area contributed by atoms with Crippen LogP contribution in [0.15, 0.2) is 6.20 Å². The molecule has 1 spiro atoms. The molecule has 3 saturated heterocycles. The van der Waals surface area contributed by atoms with E-state index in [9.17, 15) is 14.3 Å². The van der Waals surface area contributed by atoms with Crippen LogP contribution in [0.4, 0.5) is 16.2 Å². The van der Waals surface area contributed by atoms with E-state index in [1.54, 1.807) is 0 Å². The van der Waals surface area contributed by atoms with Crippen molar-refractivity contribution in [3.05, 3.63) is 12.0 Å². The van der Waals surface area contributed by atoms with E-state index in [1.807, 2.05) is 4.90 Å². The van der Waals surface area contributed by atoms with Crippen LogP contribution in [-0.2, 0) is 4.79 Å². The summed E-state index contributed by atoms with van der Waals surface area (Å²) >= 11 is 0. The van der Waals surface area contributed by atoms with Crippen molar-refractivity contribution in [2.24, 2.45) is 5.41 Å². The summed E-state index contributed by atoms with van der Waals surface area (Å²) in [5.41, 5.74) is 0.0529. The van der Waals surface area contributed by atoms with Gasteiger partial charge < -0.3 is 20.2 Å². The Hall–Kier alpha value is -1.96. The van der Waals surface area contributed by atoms with Crippen molar-refractivity contribution in [1.29, 1.82) is 0 Å². The van der Waals surface area contributed by atoms with Gasteiger partial charge in [0.25, 0.3) is 0 Å². The largest absolute Gasteiger partial charge is 0.480 e. The lowest BCUT2D eigenvalue weighted by Crippen LogP contribution is -2.42. The van der Waals surface area contributed by atoms with Crippen LogP contribution in [0.5, 0.6) is 0 Å². The van der Waals surface area contributed by atoms with Gasteiger partial charge in [0.05, 0.1) is 6.20 Å². The number of hydrogen-bond acceptors (Lipinski definition) is 6. The third-order valence-electron chi connectivity index (χ3n) is 5.88. The number of aliphatic carboxylic acids is 1. The summed E-state index contributed by atoms with van der Waals surface area (Å²) in [7, 11) is 0. The summed E-state index contributed by atoms with van der Waals surface area (Å²) in [5.74, 6) is -0.130. The third kappa shape index (κ3) is 3.15. The van der Waals surface area contributed by atoms with Crippen LogP contribution in [0, 0.1) is 11.2 Å². The lowest BCUT2D eigenvalue weighted by atomic mass is 9.76. The summed E-state index contributed by atoms with van der Waals surface area (Å²) in [6.07, 6.45) is 5.91. The number of nitrogens with zero attached hydrogens (tertiary/aromatic N) is 4. The Balaban J connectivity index is 1.44. The first-order valence-corrected chi connectivity index (χ1v) is 9.05. The van der Waals surface area contributed by atoms with Crippen LogP contribution in [0.1, 0.15) is 32.1 Å². The van der Waals surface area contributed by atoms with Gasteiger partial charge >= 0.3 is 5.97 Å². The standard InChI is InChI=1S/C17H24FN5O2/c18-12-10-19-16(21-14(12)22-5-1-2-6-22)23-7-3-17(4-8-23)9-13(15(24)25)20-11-17/h10,13,20H,1-9,11H2,(H,24,25). The summed E-state index contributed by atoms with van der Waals surface area (Å²) in [6.45, 7) is 4.00. The molecule has 4 rings (SSSR count). The minimum Gasteiger partial charge on any atom is -0.480 e. The number of hydrogen-bond donors (Lipinski definition) is 2. The maximum absolute atomic E-state index is 14.1. The molecule has 25 heavy (non-hydrogen) atoms. The zero-order valence-corrected chi connectivity index (χ0v) is 14.2. The van der Waals surface area contributed by atoms with Crippen LogP contribution in [0.3, 0.4) is 0 Å². The topological polar surface area (TPSA) is 81.6 Å². The van der Waals surface area contributed by atoms with Gasteiger partial charge in [0, 0.05) is 32.7 Å². The van der Waals surface area contributed by atoms with Gasteiger partial charge in [-0.3, -0.25) is 4.79 Å². The van der Waals surface area contributed by atoms with E-state index in [0.29, 0.717) is 18.2 Å². The molecule has 1 atom stereocenters. The summed E-state index contributed by atoms with van der Waals surface area (Å²) in [5, 5.41) is 12.3. The summed E-state index contributed by atoms with van der Waals surface area (Å²) in [4.78, 5) is 23.9. The highest BCUT2D eigenvalue weighted by molar-refractivity contribution is 5.74. The molecule has 0 aliphatic carbocycles. The fourth-order valence-electron chi connectivity index (χ4n) is 4.31. The molecule has 3 fully saturated rings. The van der Waals surface area contributed by atoms with Crippen molar-refractivity contribution in [1.82, 2.24) is 15.3 Å². The molecule has 3 aliphatic heterocycles. The van der Waals surface area contributed by atoms with Crippen molar-refractivity contribution in [2.45, 2.75) is 38.1 Å². The lowest BCUT2D eigenvalue weighted by Gasteiger charge is -2.39. The van der Waals surface area contributed by atoms with Gasteiger partial charge in [0.1, 0.15) is 6.04 Å². The zero-order valence-electron chi connectivity index (χ0n) is 14.2. The Labute approximate surface area is 146 Å². The van der Waals surface area contributed by atoms with Gasteiger partial charge in [0.15, 0.2) is 11.6 Å². The molecule has 136 valence electrons.